The van der Waals surface area contributed by atoms with Crippen LogP contribution in [0.15, 0.2) is 42.5 Å². The zero-order valence-electron chi connectivity index (χ0n) is 11.5. The van der Waals surface area contributed by atoms with Crippen molar-refractivity contribution in [3.05, 3.63) is 53.8 Å². The topological polar surface area (TPSA) is 43.8 Å². The summed E-state index contributed by atoms with van der Waals surface area (Å²) in [6.45, 7) is 4.29. The molecular formula is C16H16FN3. The van der Waals surface area contributed by atoms with Gasteiger partial charge in [-0.15, -0.1) is 0 Å². The van der Waals surface area contributed by atoms with Crippen molar-refractivity contribution in [2.45, 2.75) is 19.8 Å². The van der Waals surface area contributed by atoms with Gasteiger partial charge in [-0.1, -0.05) is 26.0 Å². The molecule has 0 aliphatic rings. The third-order valence-electron chi connectivity index (χ3n) is 3.46. The number of hydrogen-bond acceptors (Lipinski definition) is 2. The van der Waals surface area contributed by atoms with Gasteiger partial charge in [-0.3, -0.25) is 4.57 Å². The molecule has 0 bridgehead atoms. The third-order valence-corrected chi connectivity index (χ3v) is 3.46. The van der Waals surface area contributed by atoms with Crippen molar-refractivity contribution in [2.24, 2.45) is 0 Å². The summed E-state index contributed by atoms with van der Waals surface area (Å²) >= 11 is 0. The van der Waals surface area contributed by atoms with Gasteiger partial charge in [0.2, 0.25) is 5.95 Å². The second-order valence-electron chi connectivity index (χ2n) is 5.18. The summed E-state index contributed by atoms with van der Waals surface area (Å²) < 4.78 is 15.2. The minimum Gasteiger partial charge on any atom is -0.369 e. The maximum Gasteiger partial charge on any atom is 0.205 e. The minimum atomic E-state index is -0.294. The highest BCUT2D eigenvalue weighted by molar-refractivity contribution is 5.80. The maximum absolute atomic E-state index is 13.4. The second kappa shape index (κ2) is 4.63. The van der Waals surface area contributed by atoms with Crippen molar-refractivity contribution in [3.63, 3.8) is 0 Å². The van der Waals surface area contributed by atoms with E-state index in [0.717, 1.165) is 5.69 Å². The van der Waals surface area contributed by atoms with E-state index in [1.54, 1.807) is 10.6 Å². The van der Waals surface area contributed by atoms with E-state index in [0.29, 0.717) is 22.9 Å². The number of rotatable bonds is 2. The summed E-state index contributed by atoms with van der Waals surface area (Å²) in [6.07, 6.45) is 0. The molecular weight excluding hydrogens is 253 g/mol. The Kier molecular flexibility index (Phi) is 2.93. The number of imidazole rings is 1. The smallest absolute Gasteiger partial charge is 0.205 e. The Morgan fingerprint density at radius 1 is 1.10 bits per heavy atom. The molecule has 0 radical (unpaired) electrons. The minimum absolute atomic E-state index is 0.294. The van der Waals surface area contributed by atoms with Crippen LogP contribution in [0.5, 0.6) is 0 Å². The van der Waals surface area contributed by atoms with Gasteiger partial charge >= 0.3 is 0 Å². The Morgan fingerprint density at radius 2 is 1.80 bits per heavy atom. The summed E-state index contributed by atoms with van der Waals surface area (Å²) in [6, 6.07) is 12.6. The molecule has 0 amide bonds. The molecule has 0 aliphatic carbocycles. The monoisotopic (exact) mass is 269 g/mol. The van der Waals surface area contributed by atoms with E-state index in [2.05, 4.69) is 31.0 Å². The molecule has 0 saturated carbocycles. The first-order valence-electron chi connectivity index (χ1n) is 6.60. The van der Waals surface area contributed by atoms with Crippen LogP contribution in [-0.4, -0.2) is 9.55 Å². The SMILES string of the molecule is CC(C)c1ccc(-n2c(N)nc3ccc(F)cc32)cc1. The normalized spacial score (nSPS) is 11.4. The van der Waals surface area contributed by atoms with Crippen molar-refractivity contribution in [3.8, 4) is 5.69 Å². The lowest BCUT2D eigenvalue weighted by molar-refractivity contribution is 0.629. The Morgan fingerprint density at radius 3 is 2.45 bits per heavy atom. The average Bonchev–Trinajstić information content (AvgIpc) is 2.74. The van der Waals surface area contributed by atoms with Crippen LogP contribution in [-0.2, 0) is 0 Å². The Balaban J connectivity index is 2.18. The van der Waals surface area contributed by atoms with Gasteiger partial charge < -0.3 is 5.73 Å². The molecule has 3 aromatic rings. The lowest BCUT2D eigenvalue weighted by Gasteiger charge is -2.09. The van der Waals surface area contributed by atoms with E-state index in [1.807, 2.05) is 12.1 Å². The molecule has 102 valence electrons. The van der Waals surface area contributed by atoms with Crippen molar-refractivity contribution >= 4 is 17.0 Å². The zero-order valence-corrected chi connectivity index (χ0v) is 11.5. The van der Waals surface area contributed by atoms with Crippen LogP contribution in [0.25, 0.3) is 16.7 Å². The van der Waals surface area contributed by atoms with E-state index in [9.17, 15) is 4.39 Å². The molecule has 0 atom stereocenters. The summed E-state index contributed by atoms with van der Waals surface area (Å²) in [5.41, 5.74) is 9.48. The number of nitrogens with two attached hydrogens (primary N) is 1. The van der Waals surface area contributed by atoms with Crippen LogP contribution in [0.3, 0.4) is 0 Å². The number of nitrogens with zero attached hydrogens (tertiary/aromatic N) is 2. The molecule has 1 aromatic heterocycles. The average molecular weight is 269 g/mol. The molecule has 0 fully saturated rings. The van der Waals surface area contributed by atoms with E-state index >= 15 is 0 Å². The van der Waals surface area contributed by atoms with Gasteiger partial charge in [0.05, 0.1) is 11.0 Å². The number of fused-ring (bicyclic) bond motifs is 1. The van der Waals surface area contributed by atoms with Gasteiger partial charge in [0.1, 0.15) is 5.82 Å². The number of benzene rings is 2. The van der Waals surface area contributed by atoms with E-state index in [1.165, 1.54) is 17.7 Å². The van der Waals surface area contributed by atoms with Crippen molar-refractivity contribution in [2.75, 3.05) is 5.73 Å². The molecule has 0 spiro atoms. The predicted molar refractivity (Wildman–Crippen MR) is 79.5 cm³/mol. The second-order valence-corrected chi connectivity index (χ2v) is 5.18. The number of aromatic nitrogens is 2. The Hall–Kier alpha value is -2.36. The third kappa shape index (κ3) is 2.03. The molecule has 2 N–H and O–H groups in total. The standard InChI is InChI=1S/C16H16FN3/c1-10(2)11-3-6-13(7-4-11)20-15-9-12(17)5-8-14(15)19-16(20)18/h3-10H,1-2H3,(H2,18,19). The molecule has 20 heavy (non-hydrogen) atoms. The first-order chi connectivity index (χ1) is 9.56. The number of nitrogen functional groups attached to an aromatic ring is 1. The van der Waals surface area contributed by atoms with Crippen LogP contribution in [0.2, 0.25) is 0 Å². The molecule has 2 aromatic carbocycles. The van der Waals surface area contributed by atoms with Gasteiger partial charge in [0, 0.05) is 11.8 Å². The fourth-order valence-corrected chi connectivity index (χ4v) is 2.35. The van der Waals surface area contributed by atoms with Crippen LogP contribution in [0.4, 0.5) is 10.3 Å². The van der Waals surface area contributed by atoms with Crippen LogP contribution < -0.4 is 5.73 Å². The lowest BCUT2D eigenvalue weighted by atomic mass is 10.0. The van der Waals surface area contributed by atoms with Crippen molar-refractivity contribution in [1.82, 2.24) is 9.55 Å². The molecule has 0 aliphatic heterocycles. The van der Waals surface area contributed by atoms with Crippen molar-refractivity contribution in [1.29, 1.82) is 0 Å². The van der Waals surface area contributed by atoms with E-state index in [-0.39, 0.29) is 5.82 Å². The Bertz CT molecular complexity index is 757. The van der Waals surface area contributed by atoms with Gasteiger partial charge in [-0.25, -0.2) is 9.37 Å². The van der Waals surface area contributed by atoms with Crippen LogP contribution in [0.1, 0.15) is 25.3 Å². The summed E-state index contributed by atoms with van der Waals surface area (Å²) in [4.78, 5) is 4.26. The summed E-state index contributed by atoms with van der Waals surface area (Å²) in [5, 5.41) is 0. The van der Waals surface area contributed by atoms with Crippen molar-refractivity contribution < 1.29 is 4.39 Å². The van der Waals surface area contributed by atoms with E-state index in [4.69, 9.17) is 5.73 Å². The first-order valence-corrected chi connectivity index (χ1v) is 6.60. The van der Waals surface area contributed by atoms with Gasteiger partial charge in [-0.05, 0) is 35.7 Å². The van der Waals surface area contributed by atoms with Crippen LogP contribution >= 0.6 is 0 Å². The molecule has 0 unspecified atom stereocenters. The molecule has 3 rings (SSSR count). The summed E-state index contributed by atoms with van der Waals surface area (Å²) in [7, 11) is 0. The molecule has 3 nitrogen and oxygen atoms in total. The highest BCUT2D eigenvalue weighted by Crippen LogP contribution is 2.25. The predicted octanol–water partition coefficient (Wildman–Crippen LogP) is 3.87. The lowest BCUT2D eigenvalue weighted by Crippen LogP contribution is -2.01. The molecule has 1 heterocycles. The number of halogens is 1. The highest BCUT2D eigenvalue weighted by atomic mass is 19.1. The van der Waals surface area contributed by atoms with Gasteiger partial charge in [0.25, 0.3) is 0 Å². The molecule has 0 saturated heterocycles. The van der Waals surface area contributed by atoms with Crippen LogP contribution in [0, 0.1) is 5.82 Å². The quantitative estimate of drug-likeness (QED) is 0.767. The fraction of sp³-hybridized carbons (Fsp3) is 0.188. The summed E-state index contributed by atoms with van der Waals surface area (Å²) in [5.74, 6) is 0.540. The number of hydrogen-bond donors (Lipinski definition) is 1. The first kappa shape index (κ1) is 12.7. The Labute approximate surface area is 116 Å². The maximum atomic E-state index is 13.4. The van der Waals surface area contributed by atoms with Gasteiger partial charge in [0.15, 0.2) is 0 Å². The van der Waals surface area contributed by atoms with E-state index < -0.39 is 0 Å². The van der Waals surface area contributed by atoms with Gasteiger partial charge in [-0.2, -0.15) is 0 Å². The molecule has 4 heteroatoms. The zero-order chi connectivity index (χ0) is 14.3. The largest absolute Gasteiger partial charge is 0.369 e. The highest BCUT2D eigenvalue weighted by Gasteiger charge is 2.11. The number of anilines is 1. The fourth-order valence-electron chi connectivity index (χ4n) is 2.35.